The number of amides is 1. The van der Waals surface area contributed by atoms with Crippen molar-refractivity contribution in [1.29, 1.82) is 0 Å². The quantitative estimate of drug-likeness (QED) is 0.694. The van der Waals surface area contributed by atoms with Gasteiger partial charge in [-0.05, 0) is 31.5 Å². The van der Waals surface area contributed by atoms with E-state index in [1.807, 2.05) is 48.7 Å². The molecular weight excluding hydrogens is 352 g/mol. The minimum absolute atomic E-state index is 0.0411. The van der Waals surface area contributed by atoms with Gasteiger partial charge in [-0.3, -0.25) is 4.79 Å². The van der Waals surface area contributed by atoms with Crippen molar-refractivity contribution in [2.75, 3.05) is 0 Å². The first kappa shape index (κ1) is 15.8. The third kappa shape index (κ3) is 3.32. The van der Waals surface area contributed by atoms with Crippen LogP contribution in [0, 0.1) is 0 Å². The predicted octanol–water partition coefficient (Wildman–Crippen LogP) is 4.91. The fraction of sp³-hybridized carbons (Fsp3) is 0.211. The Morgan fingerprint density at radius 1 is 1.17 bits per heavy atom. The maximum absolute atomic E-state index is 12.6. The molecule has 0 saturated carbocycles. The number of carbonyl (C=O) groups excluding carboxylic acids is 1. The molecule has 0 aliphatic heterocycles. The van der Waals surface area contributed by atoms with Gasteiger partial charge in [0.1, 0.15) is 0 Å². The molecule has 23 heavy (non-hydrogen) atoms. The smallest absolute Gasteiger partial charge is 0.253 e. The van der Waals surface area contributed by atoms with Crippen LogP contribution in [0.15, 0.2) is 59.2 Å². The number of aromatic nitrogens is 1. The summed E-state index contributed by atoms with van der Waals surface area (Å²) >= 11 is 3.51. The maximum Gasteiger partial charge on any atom is 0.253 e. The van der Waals surface area contributed by atoms with Crippen molar-refractivity contribution in [1.82, 2.24) is 9.88 Å². The van der Waals surface area contributed by atoms with Crippen LogP contribution in [0.4, 0.5) is 0 Å². The van der Waals surface area contributed by atoms with Crippen molar-refractivity contribution in [3.05, 3.63) is 70.3 Å². The number of nitrogens with one attached hydrogen (secondary N) is 1. The highest BCUT2D eigenvalue weighted by Crippen LogP contribution is 2.27. The Labute approximate surface area is 144 Å². The summed E-state index contributed by atoms with van der Waals surface area (Å²) in [5.74, 6) is -0.0411. The van der Waals surface area contributed by atoms with Crippen molar-refractivity contribution in [2.45, 2.75) is 26.4 Å². The van der Waals surface area contributed by atoms with Crippen LogP contribution in [-0.4, -0.2) is 10.5 Å². The Hall–Kier alpha value is -2.07. The fourth-order valence-corrected chi connectivity index (χ4v) is 3.05. The first-order valence-electron chi connectivity index (χ1n) is 7.68. The van der Waals surface area contributed by atoms with E-state index in [1.165, 1.54) is 0 Å². The average Bonchev–Trinajstić information content (AvgIpc) is 2.92. The SMILES string of the molecule is CC(C)n1cc(C(=O)NCc2ccccc2)c2ccc(Br)cc21. The second-order valence-corrected chi connectivity index (χ2v) is 6.79. The lowest BCUT2D eigenvalue weighted by Gasteiger charge is -2.08. The van der Waals surface area contributed by atoms with Crippen molar-refractivity contribution in [3.63, 3.8) is 0 Å². The molecule has 118 valence electrons. The molecule has 0 saturated heterocycles. The lowest BCUT2D eigenvalue weighted by atomic mass is 10.1. The van der Waals surface area contributed by atoms with Gasteiger partial charge in [-0.2, -0.15) is 0 Å². The predicted molar refractivity (Wildman–Crippen MR) is 97.6 cm³/mol. The number of halogens is 1. The summed E-state index contributed by atoms with van der Waals surface area (Å²) in [6, 6.07) is 16.3. The topological polar surface area (TPSA) is 34.0 Å². The minimum Gasteiger partial charge on any atom is -0.348 e. The Balaban J connectivity index is 1.91. The first-order valence-corrected chi connectivity index (χ1v) is 8.48. The first-order chi connectivity index (χ1) is 11.1. The van der Waals surface area contributed by atoms with Gasteiger partial charge in [0.15, 0.2) is 0 Å². The summed E-state index contributed by atoms with van der Waals surface area (Å²) in [4.78, 5) is 12.6. The molecule has 1 aromatic heterocycles. The highest BCUT2D eigenvalue weighted by molar-refractivity contribution is 9.10. The number of fused-ring (bicyclic) bond motifs is 1. The standard InChI is InChI=1S/C19H19BrN2O/c1-13(2)22-12-17(16-9-8-15(20)10-18(16)22)19(23)21-11-14-6-4-3-5-7-14/h3-10,12-13H,11H2,1-2H3,(H,21,23). The molecule has 2 aromatic carbocycles. The molecular formula is C19H19BrN2O. The van der Waals surface area contributed by atoms with Crippen LogP contribution in [0.2, 0.25) is 0 Å². The number of nitrogens with zero attached hydrogens (tertiary/aromatic N) is 1. The third-order valence-electron chi connectivity index (χ3n) is 3.89. The molecule has 3 nitrogen and oxygen atoms in total. The molecule has 0 bridgehead atoms. The van der Waals surface area contributed by atoms with Gasteiger partial charge in [0.25, 0.3) is 5.91 Å². The molecule has 0 unspecified atom stereocenters. The van der Waals surface area contributed by atoms with E-state index in [0.717, 1.165) is 26.5 Å². The van der Waals surface area contributed by atoms with Crippen LogP contribution in [0.3, 0.4) is 0 Å². The Morgan fingerprint density at radius 3 is 2.61 bits per heavy atom. The zero-order valence-corrected chi connectivity index (χ0v) is 14.8. The maximum atomic E-state index is 12.6. The van der Waals surface area contributed by atoms with Gasteiger partial charge in [-0.25, -0.2) is 0 Å². The molecule has 3 aromatic rings. The van der Waals surface area contributed by atoms with Crippen LogP contribution >= 0.6 is 15.9 Å². The van der Waals surface area contributed by atoms with Gasteiger partial charge < -0.3 is 9.88 Å². The van der Waals surface area contributed by atoms with Crippen molar-refractivity contribution in [2.24, 2.45) is 0 Å². The van der Waals surface area contributed by atoms with Crippen molar-refractivity contribution < 1.29 is 4.79 Å². The van der Waals surface area contributed by atoms with Crippen LogP contribution < -0.4 is 5.32 Å². The lowest BCUT2D eigenvalue weighted by Crippen LogP contribution is -2.22. The Morgan fingerprint density at radius 2 is 1.91 bits per heavy atom. The van der Waals surface area contributed by atoms with E-state index in [2.05, 4.69) is 45.7 Å². The number of benzene rings is 2. The van der Waals surface area contributed by atoms with Crippen molar-refractivity contribution >= 4 is 32.7 Å². The second kappa shape index (κ2) is 6.59. The molecule has 0 aliphatic carbocycles. The van der Waals surface area contributed by atoms with E-state index in [1.54, 1.807) is 0 Å². The molecule has 0 spiro atoms. The molecule has 0 aliphatic rings. The normalized spacial score (nSPS) is 11.1. The molecule has 3 rings (SSSR count). The van der Waals surface area contributed by atoms with Gasteiger partial charge in [-0.15, -0.1) is 0 Å². The molecule has 0 fully saturated rings. The van der Waals surface area contributed by atoms with Gasteiger partial charge >= 0.3 is 0 Å². The molecule has 1 N–H and O–H groups in total. The van der Waals surface area contributed by atoms with Crippen LogP contribution in [0.5, 0.6) is 0 Å². The monoisotopic (exact) mass is 370 g/mol. The second-order valence-electron chi connectivity index (χ2n) is 5.87. The summed E-state index contributed by atoms with van der Waals surface area (Å²) in [5, 5.41) is 3.99. The molecule has 1 heterocycles. The minimum atomic E-state index is -0.0411. The zero-order valence-electron chi connectivity index (χ0n) is 13.2. The molecule has 4 heteroatoms. The third-order valence-corrected chi connectivity index (χ3v) is 4.39. The Bertz CT molecular complexity index is 837. The largest absolute Gasteiger partial charge is 0.348 e. The van der Waals surface area contributed by atoms with Crippen molar-refractivity contribution in [3.8, 4) is 0 Å². The van der Waals surface area contributed by atoms with E-state index in [9.17, 15) is 4.79 Å². The van der Waals surface area contributed by atoms with Gasteiger partial charge in [0, 0.05) is 28.6 Å². The fourth-order valence-electron chi connectivity index (χ4n) is 2.71. The summed E-state index contributed by atoms with van der Waals surface area (Å²) in [7, 11) is 0. The number of rotatable bonds is 4. The van der Waals surface area contributed by atoms with Gasteiger partial charge in [-0.1, -0.05) is 52.3 Å². The van der Waals surface area contributed by atoms with Crippen LogP contribution in [0.25, 0.3) is 10.9 Å². The summed E-state index contributed by atoms with van der Waals surface area (Å²) in [5.41, 5.74) is 2.88. The summed E-state index contributed by atoms with van der Waals surface area (Å²) in [6.07, 6.45) is 1.95. The number of hydrogen-bond donors (Lipinski definition) is 1. The number of carbonyl (C=O) groups is 1. The van der Waals surface area contributed by atoms with E-state index >= 15 is 0 Å². The lowest BCUT2D eigenvalue weighted by molar-refractivity contribution is 0.0952. The molecule has 1 amide bonds. The van der Waals surface area contributed by atoms with E-state index in [4.69, 9.17) is 0 Å². The highest BCUT2D eigenvalue weighted by atomic mass is 79.9. The summed E-state index contributed by atoms with van der Waals surface area (Å²) in [6.45, 7) is 4.77. The summed E-state index contributed by atoms with van der Waals surface area (Å²) < 4.78 is 3.15. The van der Waals surface area contributed by atoms with E-state index in [-0.39, 0.29) is 5.91 Å². The highest BCUT2D eigenvalue weighted by Gasteiger charge is 2.16. The molecule has 0 radical (unpaired) electrons. The van der Waals surface area contributed by atoms with E-state index in [0.29, 0.717) is 12.6 Å². The average molecular weight is 371 g/mol. The molecule has 0 atom stereocenters. The number of hydrogen-bond acceptors (Lipinski definition) is 1. The Kier molecular flexibility index (Phi) is 4.53. The van der Waals surface area contributed by atoms with Gasteiger partial charge in [0.05, 0.1) is 11.1 Å². The zero-order chi connectivity index (χ0) is 16.4. The van der Waals surface area contributed by atoms with Crippen LogP contribution in [-0.2, 0) is 6.54 Å². The van der Waals surface area contributed by atoms with E-state index < -0.39 is 0 Å². The van der Waals surface area contributed by atoms with Gasteiger partial charge in [0.2, 0.25) is 0 Å². The van der Waals surface area contributed by atoms with Crippen LogP contribution in [0.1, 0.15) is 35.8 Å².